The summed E-state index contributed by atoms with van der Waals surface area (Å²) >= 11 is 0. The molecule has 0 radical (unpaired) electrons. The van der Waals surface area contributed by atoms with Crippen molar-refractivity contribution < 1.29 is 9.53 Å². The number of hydrogen-bond acceptors (Lipinski definition) is 2. The molecule has 1 aliphatic carbocycles. The molecule has 0 atom stereocenters. The van der Waals surface area contributed by atoms with Gasteiger partial charge >= 0.3 is 0 Å². The number of hydrogen-bond donors (Lipinski definition) is 1. The van der Waals surface area contributed by atoms with Crippen LogP contribution in [-0.4, -0.2) is 19.1 Å². The minimum atomic E-state index is 0.143. The highest BCUT2D eigenvalue weighted by atomic mass is 16.5. The third kappa shape index (κ3) is 4.96. The molecular weight excluding hydrogens is 274 g/mol. The van der Waals surface area contributed by atoms with Gasteiger partial charge in [-0.1, -0.05) is 49.0 Å². The third-order valence-electron chi connectivity index (χ3n) is 3.84. The van der Waals surface area contributed by atoms with Crippen LogP contribution in [0.1, 0.15) is 31.2 Å². The Labute approximate surface area is 132 Å². The molecule has 3 nitrogen and oxygen atoms in total. The molecule has 1 saturated carbocycles. The van der Waals surface area contributed by atoms with Crippen LogP contribution in [0.2, 0.25) is 0 Å². The second-order valence-corrected chi connectivity index (χ2v) is 5.44. The SMILES string of the molecule is C=CCc1ccccc1OCC#CCNC(=O)C1CCCC1. The summed E-state index contributed by atoms with van der Waals surface area (Å²) in [5.74, 6) is 7.05. The van der Waals surface area contributed by atoms with Crippen LogP contribution in [0, 0.1) is 17.8 Å². The number of carbonyl (C=O) groups excluding carboxylic acids is 1. The van der Waals surface area contributed by atoms with E-state index in [4.69, 9.17) is 4.74 Å². The maximum Gasteiger partial charge on any atom is 0.223 e. The van der Waals surface area contributed by atoms with E-state index in [2.05, 4.69) is 23.7 Å². The van der Waals surface area contributed by atoms with E-state index in [1.807, 2.05) is 30.3 Å². The van der Waals surface area contributed by atoms with Gasteiger partial charge in [-0.3, -0.25) is 4.79 Å². The van der Waals surface area contributed by atoms with Crippen LogP contribution < -0.4 is 10.1 Å². The Morgan fingerprint density at radius 2 is 2.09 bits per heavy atom. The fourth-order valence-corrected chi connectivity index (χ4v) is 2.66. The first-order chi connectivity index (χ1) is 10.8. The van der Waals surface area contributed by atoms with E-state index < -0.39 is 0 Å². The second kappa shape index (κ2) is 8.94. The van der Waals surface area contributed by atoms with Crippen molar-refractivity contribution in [1.82, 2.24) is 5.32 Å². The zero-order chi connectivity index (χ0) is 15.6. The van der Waals surface area contributed by atoms with Crippen LogP contribution in [0.3, 0.4) is 0 Å². The van der Waals surface area contributed by atoms with Gasteiger partial charge in [0.2, 0.25) is 5.91 Å². The Bertz CT molecular complexity index is 562. The van der Waals surface area contributed by atoms with Crippen LogP contribution in [0.5, 0.6) is 5.75 Å². The molecule has 0 saturated heterocycles. The summed E-state index contributed by atoms with van der Waals surface area (Å²) < 4.78 is 5.66. The van der Waals surface area contributed by atoms with E-state index in [9.17, 15) is 4.79 Å². The molecule has 116 valence electrons. The fourth-order valence-electron chi connectivity index (χ4n) is 2.66. The highest BCUT2D eigenvalue weighted by Gasteiger charge is 2.21. The quantitative estimate of drug-likeness (QED) is 0.647. The molecule has 0 unspecified atom stereocenters. The lowest BCUT2D eigenvalue weighted by Crippen LogP contribution is -2.29. The Balaban J connectivity index is 1.70. The van der Waals surface area contributed by atoms with Gasteiger partial charge in [0.25, 0.3) is 0 Å². The first kappa shape index (κ1) is 16.2. The van der Waals surface area contributed by atoms with Gasteiger partial charge in [0.15, 0.2) is 0 Å². The smallest absolute Gasteiger partial charge is 0.223 e. The second-order valence-electron chi connectivity index (χ2n) is 5.44. The van der Waals surface area contributed by atoms with Crippen molar-refractivity contribution in [3.63, 3.8) is 0 Å². The average molecular weight is 297 g/mol. The molecule has 3 heteroatoms. The van der Waals surface area contributed by atoms with Gasteiger partial charge in [-0.2, -0.15) is 0 Å². The van der Waals surface area contributed by atoms with Gasteiger partial charge in [0.05, 0.1) is 6.54 Å². The number of amides is 1. The highest BCUT2D eigenvalue weighted by Crippen LogP contribution is 2.24. The Kier molecular flexibility index (Phi) is 6.57. The van der Waals surface area contributed by atoms with Crippen molar-refractivity contribution in [2.45, 2.75) is 32.1 Å². The lowest BCUT2D eigenvalue weighted by atomic mass is 10.1. The van der Waals surface area contributed by atoms with Crippen molar-refractivity contribution >= 4 is 5.91 Å². The van der Waals surface area contributed by atoms with Crippen molar-refractivity contribution in [3.05, 3.63) is 42.5 Å². The minimum absolute atomic E-state index is 0.143. The van der Waals surface area contributed by atoms with Crippen LogP contribution in [-0.2, 0) is 11.2 Å². The monoisotopic (exact) mass is 297 g/mol. The molecule has 0 aliphatic heterocycles. The normalized spacial score (nSPS) is 14.0. The van der Waals surface area contributed by atoms with Crippen LogP contribution >= 0.6 is 0 Å². The first-order valence-electron chi connectivity index (χ1n) is 7.86. The predicted octanol–water partition coefficient (Wildman–Crippen LogP) is 3.10. The molecule has 2 rings (SSSR count). The Hall–Kier alpha value is -2.21. The number of carbonyl (C=O) groups is 1. The molecule has 1 fully saturated rings. The topological polar surface area (TPSA) is 38.3 Å². The maximum atomic E-state index is 11.8. The first-order valence-corrected chi connectivity index (χ1v) is 7.86. The molecule has 1 aliphatic rings. The van der Waals surface area contributed by atoms with Crippen molar-refractivity contribution in [2.75, 3.05) is 13.2 Å². The molecular formula is C19H23NO2. The summed E-state index contributed by atoms with van der Waals surface area (Å²) in [4.78, 5) is 11.8. The summed E-state index contributed by atoms with van der Waals surface area (Å²) in [7, 11) is 0. The van der Waals surface area contributed by atoms with Gasteiger partial charge in [0.1, 0.15) is 12.4 Å². The van der Waals surface area contributed by atoms with E-state index in [0.29, 0.717) is 13.2 Å². The van der Waals surface area contributed by atoms with Crippen molar-refractivity contribution in [2.24, 2.45) is 5.92 Å². The molecule has 1 aromatic rings. The van der Waals surface area contributed by atoms with E-state index in [1.165, 1.54) is 12.8 Å². The lowest BCUT2D eigenvalue weighted by Gasteiger charge is -2.08. The summed E-state index contributed by atoms with van der Waals surface area (Å²) in [6, 6.07) is 7.88. The summed E-state index contributed by atoms with van der Waals surface area (Å²) in [6.07, 6.45) is 7.00. The maximum absolute atomic E-state index is 11.8. The molecule has 0 heterocycles. The van der Waals surface area contributed by atoms with E-state index in [1.54, 1.807) is 0 Å². The number of benzene rings is 1. The summed E-state index contributed by atoms with van der Waals surface area (Å²) in [5.41, 5.74) is 1.11. The summed E-state index contributed by atoms with van der Waals surface area (Å²) in [6.45, 7) is 4.47. The molecule has 1 aromatic carbocycles. The number of ether oxygens (including phenoxy) is 1. The molecule has 0 aromatic heterocycles. The third-order valence-corrected chi connectivity index (χ3v) is 3.84. The largest absolute Gasteiger partial charge is 0.481 e. The lowest BCUT2D eigenvalue weighted by molar-refractivity contribution is -0.124. The van der Waals surface area contributed by atoms with E-state index in [-0.39, 0.29) is 11.8 Å². The average Bonchev–Trinajstić information content (AvgIpc) is 3.07. The fraction of sp³-hybridized carbons (Fsp3) is 0.421. The Morgan fingerprint density at radius 3 is 2.86 bits per heavy atom. The zero-order valence-corrected chi connectivity index (χ0v) is 12.9. The Morgan fingerprint density at radius 1 is 1.32 bits per heavy atom. The van der Waals surface area contributed by atoms with Gasteiger partial charge in [-0.05, 0) is 30.9 Å². The summed E-state index contributed by atoms with van der Waals surface area (Å²) in [5, 5.41) is 2.87. The van der Waals surface area contributed by atoms with E-state index >= 15 is 0 Å². The van der Waals surface area contributed by atoms with Crippen LogP contribution in [0.15, 0.2) is 36.9 Å². The van der Waals surface area contributed by atoms with Crippen molar-refractivity contribution in [1.29, 1.82) is 0 Å². The molecule has 1 N–H and O–H groups in total. The molecule has 0 spiro atoms. The van der Waals surface area contributed by atoms with Gasteiger partial charge < -0.3 is 10.1 Å². The number of nitrogens with one attached hydrogen (secondary N) is 1. The number of para-hydroxylation sites is 1. The van der Waals surface area contributed by atoms with Gasteiger partial charge in [-0.25, -0.2) is 0 Å². The highest BCUT2D eigenvalue weighted by molar-refractivity contribution is 5.79. The minimum Gasteiger partial charge on any atom is -0.481 e. The number of allylic oxidation sites excluding steroid dienone is 1. The predicted molar refractivity (Wildman–Crippen MR) is 88.6 cm³/mol. The van der Waals surface area contributed by atoms with E-state index in [0.717, 1.165) is 30.6 Å². The van der Waals surface area contributed by atoms with Crippen molar-refractivity contribution in [3.8, 4) is 17.6 Å². The standard InChI is InChI=1S/C19H23NO2/c1-2-9-16-10-5-6-13-18(16)22-15-8-7-14-20-19(21)17-11-3-4-12-17/h2,5-6,10,13,17H,1,3-4,9,11-12,14-15H2,(H,20,21). The van der Waals surface area contributed by atoms with Gasteiger partial charge in [0, 0.05) is 5.92 Å². The van der Waals surface area contributed by atoms with Crippen LogP contribution in [0.4, 0.5) is 0 Å². The van der Waals surface area contributed by atoms with Gasteiger partial charge in [-0.15, -0.1) is 6.58 Å². The molecule has 22 heavy (non-hydrogen) atoms. The zero-order valence-electron chi connectivity index (χ0n) is 12.9. The molecule has 0 bridgehead atoms. The number of rotatable bonds is 6. The van der Waals surface area contributed by atoms with Crippen LogP contribution in [0.25, 0.3) is 0 Å². The molecule has 1 amide bonds.